The summed E-state index contributed by atoms with van der Waals surface area (Å²) in [5, 5.41) is 14.5. The van der Waals surface area contributed by atoms with Gasteiger partial charge in [0.25, 0.3) is 5.82 Å². The molecule has 0 aliphatic carbocycles. The number of nitrogens with zero attached hydrogens (tertiary/aromatic N) is 6. The molecule has 0 aliphatic heterocycles. The van der Waals surface area contributed by atoms with E-state index in [-0.39, 0.29) is 0 Å². The third-order valence-corrected chi connectivity index (χ3v) is 3.63. The molecule has 0 bridgehead atoms. The normalized spacial score (nSPS) is 11.8. The van der Waals surface area contributed by atoms with E-state index in [1.54, 1.807) is 26.2 Å². The summed E-state index contributed by atoms with van der Waals surface area (Å²) in [6.45, 7) is 11.0. The first-order chi connectivity index (χ1) is 10.4. The van der Waals surface area contributed by atoms with Crippen LogP contribution < -0.4 is 0 Å². The van der Waals surface area contributed by atoms with Crippen LogP contribution in [0.25, 0.3) is 21.9 Å². The van der Waals surface area contributed by atoms with Crippen molar-refractivity contribution in [1.82, 2.24) is 24.1 Å². The second-order valence-corrected chi connectivity index (χ2v) is 6.29. The molecule has 8 heteroatoms. The molecule has 3 heterocycles. The van der Waals surface area contributed by atoms with Crippen LogP contribution in [0.5, 0.6) is 0 Å². The van der Waals surface area contributed by atoms with E-state index in [9.17, 15) is 5.11 Å². The van der Waals surface area contributed by atoms with Gasteiger partial charge in [0, 0.05) is 6.07 Å². The number of rotatable bonds is 3. The standard InChI is InChI=1S/C14H13BrN6O/c1-14(2,22)7-20-8-18-13(15)12(20)9-4-5-10-17-6-11(16-3)21(10)19-9/h4-6,8,22H,7H2,1-2H3. The highest BCUT2D eigenvalue weighted by Crippen LogP contribution is 2.28. The number of fused-ring (bicyclic) bond motifs is 1. The largest absolute Gasteiger partial charge is 0.389 e. The molecule has 0 atom stereocenters. The Morgan fingerprint density at radius 1 is 1.36 bits per heavy atom. The zero-order chi connectivity index (χ0) is 15.9. The molecular formula is C14H13BrN6O. The molecule has 0 saturated carbocycles. The molecule has 0 fully saturated rings. The van der Waals surface area contributed by atoms with Crippen molar-refractivity contribution in [2.45, 2.75) is 26.0 Å². The minimum atomic E-state index is -0.879. The Morgan fingerprint density at radius 2 is 2.14 bits per heavy atom. The van der Waals surface area contributed by atoms with Crippen molar-refractivity contribution in [3.63, 3.8) is 0 Å². The lowest BCUT2D eigenvalue weighted by Gasteiger charge is -2.19. The van der Waals surface area contributed by atoms with Crippen LogP contribution in [-0.2, 0) is 6.54 Å². The van der Waals surface area contributed by atoms with Gasteiger partial charge in [-0.25, -0.2) is 9.97 Å². The Balaban J connectivity index is 2.15. The highest BCUT2D eigenvalue weighted by Gasteiger charge is 2.20. The number of aromatic nitrogens is 5. The third kappa shape index (κ3) is 2.61. The summed E-state index contributed by atoms with van der Waals surface area (Å²) in [6.07, 6.45) is 3.13. The molecule has 0 spiro atoms. The Morgan fingerprint density at radius 3 is 2.82 bits per heavy atom. The molecular weight excluding hydrogens is 348 g/mol. The SMILES string of the molecule is [C-]#[N+]c1cnc2ccc(-c3c(Br)ncn3CC(C)(C)O)nn12. The van der Waals surface area contributed by atoms with Crippen LogP contribution in [0.15, 0.2) is 29.3 Å². The Labute approximate surface area is 135 Å². The van der Waals surface area contributed by atoms with Crippen molar-refractivity contribution < 1.29 is 5.11 Å². The fourth-order valence-electron chi connectivity index (χ4n) is 2.21. The molecule has 0 aromatic carbocycles. The summed E-state index contributed by atoms with van der Waals surface area (Å²) < 4.78 is 3.95. The lowest BCUT2D eigenvalue weighted by Crippen LogP contribution is -2.26. The molecule has 3 aromatic heterocycles. The molecule has 7 nitrogen and oxygen atoms in total. The van der Waals surface area contributed by atoms with Crippen LogP contribution in [0.2, 0.25) is 0 Å². The van der Waals surface area contributed by atoms with Crippen molar-refractivity contribution in [1.29, 1.82) is 0 Å². The van der Waals surface area contributed by atoms with Crippen LogP contribution in [0.3, 0.4) is 0 Å². The van der Waals surface area contributed by atoms with Gasteiger partial charge in [0.05, 0.1) is 24.7 Å². The molecule has 0 amide bonds. The monoisotopic (exact) mass is 360 g/mol. The number of aliphatic hydroxyl groups is 1. The van der Waals surface area contributed by atoms with E-state index in [2.05, 4.69) is 35.8 Å². The maximum absolute atomic E-state index is 10.0. The number of hydrogen-bond acceptors (Lipinski definition) is 4. The van der Waals surface area contributed by atoms with Crippen molar-refractivity contribution in [3.05, 3.63) is 40.7 Å². The van der Waals surface area contributed by atoms with Crippen molar-refractivity contribution in [2.24, 2.45) is 0 Å². The maximum Gasteiger partial charge on any atom is 0.275 e. The van der Waals surface area contributed by atoms with Gasteiger partial charge in [-0.15, -0.1) is 4.52 Å². The third-order valence-electron chi connectivity index (χ3n) is 3.05. The van der Waals surface area contributed by atoms with Crippen LogP contribution in [0, 0.1) is 6.57 Å². The van der Waals surface area contributed by atoms with Gasteiger partial charge in [0.1, 0.15) is 16.0 Å². The summed E-state index contributed by atoms with van der Waals surface area (Å²) >= 11 is 3.41. The molecule has 3 rings (SSSR count). The number of halogens is 1. The minimum absolute atomic E-state index is 0.349. The number of hydrogen-bond donors (Lipinski definition) is 1. The minimum Gasteiger partial charge on any atom is -0.389 e. The first-order valence-corrected chi connectivity index (χ1v) is 7.34. The van der Waals surface area contributed by atoms with Gasteiger partial charge >= 0.3 is 0 Å². The summed E-state index contributed by atoms with van der Waals surface area (Å²) in [4.78, 5) is 11.8. The van der Waals surface area contributed by atoms with Crippen LogP contribution in [-0.4, -0.2) is 34.9 Å². The highest BCUT2D eigenvalue weighted by atomic mass is 79.9. The van der Waals surface area contributed by atoms with Gasteiger partial charge in [-0.1, -0.05) is 11.7 Å². The number of imidazole rings is 2. The van der Waals surface area contributed by atoms with Gasteiger partial charge in [-0.3, -0.25) is 0 Å². The predicted molar refractivity (Wildman–Crippen MR) is 84.5 cm³/mol. The molecule has 22 heavy (non-hydrogen) atoms. The fourth-order valence-corrected chi connectivity index (χ4v) is 2.73. The van der Waals surface area contributed by atoms with Crippen LogP contribution in [0.1, 0.15) is 13.8 Å². The van der Waals surface area contributed by atoms with E-state index < -0.39 is 5.60 Å². The maximum atomic E-state index is 10.0. The average molecular weight is 361 g/mol. The molecule has 0 aliphatic rings. The van der Waals surface area contributed by atoms with Crippen molar-refractivity contribution in [2.75, 3.05) is 0 Å². The smallest absolute Gasteiger partial charge is 0.275 e. The van der Waals surface area contributed by atoms with E-state index in [1.165, 1.54) is 10.7 Å². The molecule has 112 valence electrons. The second kappa shape index (κ2) is 5.19. The van der Waals surface area contributed by atoms with Gasteiger partial charge in [-0.2, -0.15) is 0 Å². The lowest BCUT2D eigenvalue weighted by atomic mass is 10.1. The summed E-state index contributed by atoms with van der Waals surface area (Å²) in [6, 6.07) is 3.61. The van der Waals surface area contributed by atoms with Gasteiger partial charge in [0.15, 0.2) is 0 Å². The lowest BCUT2D eigenvalue weighted by molar-refractivity contribution is 0.0619. The Bertz CT molecular complexity index is 883. The van der Waals surface area contributed by atoms with Gasteiger partial charge < -0.3 is 14.5 Å². The summed E-state index contributed by atoms with van der Waals surface area (Å²) in [5.41, 5.74) is 1.12. The zero-order valence-corrected chi connectivity index (χ0v) is 13.6. The van der Waals surface area contributed by atoms with Gasteiger partial charge in [0.2, 0.25) is 5.65 Å². The summed E-state index contributed by atoms with van der Waals surface area (Å²) in [5.74, 6) is 0.349. The molecule has 0 unspecified atom stereocenters. The fraction of sp³-hybridized carbons (Fsp3) is 0.286. The highest BCUT2D eigenvalue weighted by molar-refractivity contribution is 9.10. The van der Waals surface area contributed by atoms with Crippen LogP contribution >= 0.6 is 15.9 Å². The van der Waals surface area contributed by atoms with E-state index in [1.807, 2.05) is 10.6 Å². The molecule has 0 radical (unpaired) electrons. The quantitative estimate of drug-likeness (QED) is 0.728. The average Bonchev–Trinajstić information content (AvgIpc) is 3.00. The topological polar surface area (TPSA) is 72.6 Å². The first kappa shape index (κ1) is 14.7. The Hall–Kier alpha value is -2.24. The van der Waals surface area contributed by atoms with E-state index >= 15 is 0 Å². The van der Waals surface area contributed by atoms with Crippen molar-refractivity contribution >= 4 is 27.4 Å². The molecule has 1 N–H and O–H groups in total. The summed E-state index contributed by atoms with van der Waals surface area (Å²) in [7, 11) is 0. The second-order valence-electron chi connectivity index (χ2n) is 5.54. The van der Waals surface area contributed by atoms with E-state index in [4.69, 9.17) is 6.57 Å². The van der Waals surface area contributed by atoms with Crippen molar-refractivity contribution in [3.8, 4) is 11.4 Å². The zero-order valence-electron chi connectivity index (χ0n) is 12.0. The first-order valence-electron chi connectivity index (χ1n) is 6.55. The van der Waals surface area contributed by atoms with E-state index in [0.29, 0.717) is 28.3 Å². The van der Waals surface area contributed by atoms with Gasteiger partial charge in [-0.05, 0) is 35.8 Å². The molecule has 3 aromatic rings. The van der Waals surface area contributed by atoms with E-state index in [0.717, 1.165) is 5.69 Å². The molecule has 0 saturated heterocycles. The van der Waals surface area contributed by atoms with Crippen LogP contribution in [0.4, 0.5) is 5.82 Å². The predicted octanol–water partition coefficient (Wildman–Crippen LogP) is 2.68. The Kier molecular flexibility index (Phi) is 3.47.